The van der Waals surface area contributed by atoms with Crippen LogP contribution in [0, 0.1) is 0 Å². The first kappa shape index (κ1) is 15.0. The van der Waals surface area contributed by atoms with E-state index in [2.05, 4.69) is 23.8 Å². The van der Waals surface area contributed by atoms with Crippen LogP contribution in [0.5, 0.6) is 0 Å². The van der Waals surface area contributed by atoms with E-state index in [4.69, 9.17) is 4.74 Å². The summed E-state index contributed by atoms with van der Waals surface area (Å²) in [7, 11) is 1.39. The molecule has 112 valence electrons. The molecule has 0 amide bonds. The Morgan fingerprint density at radius 1 is 1.60 bits per heavy atom. The zero-order chi connectivity index (χ0) is 14.7. The number of hydrogen-bond donors (Lipinski definition) is 1. The van der Waals surface area contributed by atoms with E-state index in [1.807, 2.05) is 17.1 Å². The Bertz CT molecular complexity index is 458. The second kappa shape index (κ2) is 6.37. The summed E-state index contributed by atoms with van der Waals surface area (Å²) in [5.41, 5.74) is 1.07. The highest BCUT2D eigenvalue weighted by Crippen LogP contribution is 2.21. The second-order valence-electron chi connectivity index (χ2n) is 5.61. The highest BCUT2D eigenvalue weighted by molar-refractivity contribution is 5.75. The van der Waals surface area contributed by atoms with Crippen molar-refractivity contribution in [1.29, 1.82) is 0 Å². The first-order chi connectivity index (χ1) is 9.51. The van der Waals surface area contributed by atoms with Crippen LogP contribution in [0.2, 0.25) is 0 Å². The van der Waals surface area contributed by atoms with Crippen molar-refractivity contribution in [2.75, 3.05) is 13.7 Å². The molecule has 0 radical (unpaired) electrons. The van der Waals surface area contributed by atoms with Gasteiger partial charge in [0, 0.05) is 30.9 Å². The number of carbonyl (C=O) groups excluding carboxylic acids is 1. The van der Waals surface area contributed by atoms with Crippen LogP contribution in [0.25, 0.3) is 0 Å². The van der Waals surface area contributed by atoms with Gasteiger partial charge < -0.3 is 9.84 Å². The summed E-state index contributed by atoms with van der Waals surface area (Å²) < 4.78 is 6.74. The minimum Gasteiger partial charge on any atom is -0.468 e. The number of aromatic nitrogens is 2. The number of likely N-dealkylation sites (tertiary alicyclic amines) is 1. The molecule has 0 aliphatic carbocycles. The maximum atomic E-state index is 11.8. The third-order valence-corrected chi connectivity index (χ3v) is 3.73. The Hall–Kier alpha value is -1.40. The summed E-state index contributed by atoms with van der Waals surface area (Å²) >= 11 is 0. The summed E-state index contributed by atoms with van der Waals surface area (Å²) in [6.45, 7) is 5.49. The monoisotopic (exact) mass is 281 g/mol. The lowest BCUT2D eigenvalue weighted by Gasteiger charge is -2.35. The molecule has 2 atom stereocenters. The fourth-order valence-corrected chi connectivity index (χ4v) is 2.54. The summed E-state index contributed by atoms with van der Waals surface area (Å²) in [5.74, 6) is -0.278. The fraction of sp³-hybridized carbons (Fsp3) is 0.714. The first-order valence-corrected chi connectivity index (χ1v) is 7.04. The molecule has 0 aromatic carbocycles. The molecule has 6 nitrogen and oxygen atoms in total. The van der Waals surface area contributed by atoms with Gasteiger partial charge in [-0.1, -0.05) is 0 Å². The largest absolute Gasteiger partial charge is 0.468 e. The van der Waals surface area contributed by atoms with E-state index in [1.54, 1.807) is 0 Å². The van der Waals surface area contributed by atoms with Gasteiger partial charge in [-0.2, -0.15) is 5.10 Å². The van der Waals surface area contributed by atoms with Crippen LogP contribution >= 0.6 is 0 Å². The molecule has 6 heteroatoms. The van der Waals surface area contributed by atoms with Gasteiger partial charge in [0.25, 0.3) is 0 Å². The van der Waals surface area contributed by atoms with Gasteiger partial charge in [-0.3, -0.25) is 14.4 Å². The standard InChI is InChI=1S/C14H23N3O3/c1-10(2)17-9-11(7-15-17)8-16-5-4-12(18)6-13(16)14(19)20-3/h7,9-10,12-13,18H,4-6,8H2,1-3H3/t12-,13+/m0/s1. The van der Waals surface area contributed by atoms with Crippen LogP contribution in [-0.4, -0.2) is 51.6 Å². The predicted molar refractivity (Wildman–Crippen MR) is 74.1 cm³/mol. The average molecular weight is 281 g/mol. The van der Waals surface area contributed by atoms with Gasteiger partial charge in [-0.25, -0.2) is 0 Å². The molecule has 0 spiro atoms. The third-order valence-electron chi connectivity index (χ3n) is 3.73. The zero-order valence-electron chi connectivity index (χ0n) is 12.3. The number of carbonyl (C=O) groups is 1. The molecule has 1 aliphatic heterocycles. The smallest absolute Gasteiger partial charge is 0.323 e. The molecular weight excluding hydrogens is 258 g/mol. The zero-order valence-corrected chi connectivity index (χ0v) is 12.3. The number of nitrogens with zero attached hydrogens (tertiary/aromatic N) is 3. The molecule has 0 bridgehead atoms. The van der Waals surface area contributed by atoms with Gasteiger partial charge in [0.1, 0.15) is 6.04 Å². The third kappa shape index (κ3) is 3.37. The van der Waals surface area contributed by atoms with E-state index in [9.17, 15) is 9.90 Å². The van der Waals surface area contributed by atoms with Gasteiger partial charge in [0.15, 0.2) is 0 Å². The number of ether oxygens (including phenoxy) is 1. The van der Waals surface area contributed by atoms with Gasteiger partial charge in [0.05, 0.1) is 19.4 Å². The topological polar surface area (TPSA) is 67.6 Å². The van der Waals surface area contributed by atoms with Crippen LogP contribution in [0.15, 0.2) is 12.4 Å². The highest BCUT2D eigenvalue weighted by atomic mass is 16.5. The molecule has 0 unspecified atom stereocenters. The van der Waals surface area contributed by atoms with Crippen LogP contribution in [0.3, 0.4) is 0 Å². The predicted octanol–water partition coefficient (Wildman–Crippen LogP) is 0.962. The lowest BCUT2D eigenvalue weighted by Crippen LogP contribution is -2.48. The lowest BCUT2D eigenvalue weighted by molar-refractivity contribution is -0.150. The molecule has 1 aromatic rings. The molecule has 20 heavy (non-hydrogen) atoms. The summed E-state index contributed by atoms with van der Waals surface area (Å²) in [5, 5.41) is 14.0. The Balaban J connectivity index is 2.06. The molecule has 0 saturated carbocycles. The van der Waals surface area contributed by atoms with E-state index < -0.39 is 6.10 Å². The molecule has 2 rings (SSSR count). The van der Waals surface area contributed by atoms with Crippen LogP contribution in [-0.2, 0) is 16.1 Å². The van der Waals surface area contributed by atoms with Crippen LogP contribution in [0.4, 0.5) is 0 Å². The summed E-state index contributed by atoms with van der Waals surface area (Å²) in [4.78, 5) is 13.9. The molecule has 1 aliphatic rings. The van der Waals surface area contributed by atoms with E-state index in [0.717, 1.165) is 5.56 Å². The number of aliphatic hydroxyl groups excluding tert-OH is 1. The SMILES string of the molecule is COC(=O)[C@H]1C[C@@H](O)CCN1Cc1cnn(C(C)C)c1. The van der Waals surface area contributed by atoms with E-state index in [1.165, 1.54) is 7.11 Å². The molecule has 1 fully saturated rings. The number of piperidine rings is 1. The summed E-state index contributed by atoms with van der Waals surface area (Å²) in [6.07, 6.45) is 4.54. The highest BCUT2D eigenvalue weighted by Gasteiger charge is 2.33. The molecule has 2 heterocycles. The second-order valence-corrected chi connectivity index (χ2v) is 5.61. The number of esters is 1. The van der Waals surface area contributed by atoms with Crippen molar-refractivity contribution < 1.29 is 14.6 Å². The van der Waals surface area contributed by atoms with Gasteiger partial charge in [-0.15, -0.1) is 0 Å². The number of methoxy groups -OCH3 is 1. The number of hydrogen-bond acceptors (Lipinski definition) is 5. The number of aliphatic hydroxyl groups is 1. The minimum absolute atomic E-state index is 0.278. The molecule has 1 aromatic heterocycles. The number of rotatable bonds is 4. The van der Waals surface area contributed by atoms with Crippen molar-refractivity contribution >= 4 is 5.97 Å². The Kier molecular flexibility index (Phi) is 4.77. The lowest BCUT2D eigenvalue weighted by atomic mass is 9.99. The van der Waals surface area contributed by atoms with Crippen LogP contribution in [0.1, 0.15) is 38.3 Å². The van der Waals surface area contributed by atoms with Crippen molar-refractivity contribution in [2.24, 2.45) is 0 Å². The van der Waals surface area contributed by atoms with E-state index in [-0.39, 0.29) is 12.0 Å². The maximum absolute atomic E-state index is 11.8. The van der Waals surface area contributed by atoms with Gasteiger partial charge in [-0.05, 0) is 26.7 Å². The molecular formula is C14H23N3O3. The minimum atomic E-state index is -0.422. The Labute approximate surface area is 119 Å². The van der Waals surface area contributed by atoms with Crippen molar-refractivity contribution in [3.63, 3.8) is 0 Å². The first-order valence-electron chi connectivity index (χ1n) is 7.04. The fourth-order valence-electron chi connectivity index (χ4n) is 2.54. The van der Waals surface area contributed by atoms with E-state index >= 15 is 0 Å². The van der Waals surface area contributed by atoms with Gasteiger partial charge >= 0.3 is 5.97 Å². The summed E-state index contributed by atoms with van der Waals surface area (Å²) in [6, 6.07) is -0.0468. The van der Waals surface area contributed by atoms with Crippen molar-refractivity contribution in [2.45, 2.75) is 51.4 Å². The van der Waals surface area contributed by atoms with Crippen molar-refractivity contribution in [3.8, 4) is 0 Å². The normalized spacial score (nSPS) is 24.1. The van der Waals surface area contributed by atoms with Crippen LogP contribution < -0.4 is 0 Å². The molecule has 1 saturated heterocycles. The Morgan fingerprint density at radius 3 is 2.95 bits per heavy atom. The van der Waals surface area contributed by atoms with Crippen molar-refractivity contribution in [1.82, 2.24) is 14.7 Å². The van der Waals surface area contributed by atoms with E-state index in [0.29, 0.717) is 32.0 Å². The van der Waals surface area contributed by atoms with Gasteiger partial charge in [0.2, 0.25) is 0 Å². The van der Waals surface area contributed by atoms with Crippen molar-refractivity contribution in [3.05, 3.63) is 18.0 Å². The average Bonchev–Trinajstić information content (AvgIpc) is 2.88. The molecule has 1 N–H and O–H groups in total. The quantitative estimate of drug-likeness (QED) is 0.833. The Morgan fingerprint density at radius 2 is 2.35 bits per heavy atom. The maximum Gasteiger partial charge on any atom is 0.323 e.